The van der Waals surface area contributed by atoms with Crippen LogP contribution < -0.4 is 10.1 Å². The SMILES string of the molecule is CCOCCCNCC(=O)N1N=C(c2ccc3ccccc3c2)CC1c1ccc(OC)cc1. The summed E-state index contributed by atoms with van der Waals surface area (Å²) in [6, 6.07) is 22.4. The number of methoxy groups -OCH3 is 1. The molecule has 3 aromatic rings. The first-order valence-corrected chi connectivity index (χ1v) is 11.5. The van der Waals surface area contributed by atoms with Crippen molar-refractivity contribution in [3.8, 4) is 5.75 Å². The van der Waals surface area contributed by atoms with Gasteiger partial charge < -0.3 is 14.8 Å². The maximum absolute atomic E-state index is 13.1. The van der Waals surface area contributed by atoms with Crippen molar-refractivity contribution in [3.63, 3.8) is 0 Å². The van der Waals surface area contributed by atoms with Crippen molar-refractivity contribution in [2.45, 2.75) is 25.8 Å². The number of carbonyl (C=O) groups excluding carboxylic acids is 1. The van der Waals surface area contributed by atoms with Crippen LogP contribution in [0.4, 0.5) is 0 Å². The predicted octanol–water partition coefficient (Wildman–Crippen LogP) is 4.54. The Balaban J connectivity index is 1.54. The molecule has 0 bridgehead atoms. The maximum atomic E-state index is 13.1. The molecule has 0 saturated carbocycles. The third kappa shape index (κ3) is 5.59. The van der Waals surface area contributed by atoms with E-state index < -0.39 is 0 Å². The number of nitrogens with zero attached hydrogens (tertiary/aromatic N) is 2. The van der Waals surface area contributed by atoms with Crippen LogP contribution in [0, 0.1) is 0 Å². The molecular weight excluding hydrogens is 414 g/mol. The van der Waals surface area contributed by atoms with E-state index in [4.69, 9.17) is 14.6 Å². The minimum atomic E-state index is -0.143. The molecule has 0 saturated heterocycles. The van der Waals surface area contributed by atoms with Crippen LogP contribution in [-0.4, -0.2) is 50.0 Å². The van der Waals surface area contributed by atoms with Crippen molar-refractivity contribution in [2.75, 3.05) is 33.4 Å². The van der Waals surface area contributed by atoms with Crippen molar-refractivity contribution in [1.82, 2.24) is 10.3 Å². The molecule has 6 nitrogen and oxygen atoms in total. The number of hydrogen-bond donors (Lipinski definition) is 1. The van der Waals surface area contributed by atoms with Gasteiger partial charge in [0, 0.05) is 19.6 Å². The van der Waals surface area contributed by atoms with E-state index >= 15 is 0 Å². The van der Waals surface area contributed by atoms with Crippen molar-refractivity contribution in [3.05, 3.63) is 77.9 Å². The number of ether oxygens (including phenoxy) is 2. The second-order valence-corrected chi connectivity index (χ2v) is 8.07. The third-order valence-electron chi connectivity index (χ3n) is 5.87. The molecule has 0 aliphatic carbocycles. The summed E-state index contributed by atoms with van der Waals surface area (Å²) in [7, 11) is 1.65. The van der Waals surface area contributed by atoms with Crippen LogP contribution in [0.1, 0.15) is 36.9 Å². The lowest BCUT2D eigenvalue weighted by molar-refractivity contribution is -0.132. The zero-order chi connectivity index (χ0) is 23.0. The Morgan fingerprint density at radius 3 is 2.64 bits per heavy atom. The minimum absolute atomic E-state index is 0.0389. The average molecular weight is 446 g/mol. The van der Waals surface area contributed by atoms with Gasteiger partial charge >= 0.3 is 0 Å². The van der Waals surface area contributed by atoms with E-state index in [1.807, 2.05) is 43.3 Å². The van der Waals surface area contributed by atoms with Crippen molar-refractivity contribution in [1.29, 1.82) is 0 Å². The van der Waals surface area contributed by atoms with Crippen LogP contribution in [-0.2, 0) is 9.53 Å². The molecule has 0 spiro atoms. The lowest BCUT2D eigenvalue weighted by atomic mass is 9.97. The summed E-state index contributed by atoms with van der Waals surface area (Å²) < 4.78 is 10.7. The standard InChI is InChI=1S/C27H31N3O3/c1-3-33-16-6-15-28-19-27(31)30-26(21-11-13-24(32-2)14-12-21)18-25(29-30)23-10-9-20-7-4-5-8-22(20)17-23/h4-5,7-14,17,26,28H,3,6,15-16,18-19H2,1-2H3. The molecule has 6 heteroatoms. The molecule has 1 atom stereocenters. The molecule has 1 unspecified atom stereocenters. The van der Waals surface area contributed by atoms with E-state index in [1.54, 1.807) is 12.1 Å². The summed E-state index contributed by atoms with van der Waals surface area (Å²) in [6.45, 7) is 4.36. The topological polar surface area (TPSA) is 63.2 Å². The summed E-state index contributed by atoms with van der Waals surface area (Å²) in [5, 5.41) is 12.0. The highest BCUT2D eigenvalue weighted by Crippen LogP contribution is 2.34. The Morgan fingerprint density at radius 1 is 1.09 bits per heavy atom. The van der Waals surface area contributed by atoms with Gasteiger partial charge in [-0.2, -0.15) is 5.10 Å². The van der Waals surface area contributed by atoms with E-state index in [-0.39, 0.29) is 18.5 Å². The fourth-order valence-electron chi connectivity index (χ4n) is 4.09. The Hall–Kier alpha value is -3.22. The van der Waals surface area contributed by atoms with Crippen LogP contribution in [0.25, 0.3) is 10.8 Å². The normalized spacial score (nSPS) is 15.6. The number of carbonyl (C=O) groups is 1. The van der Waals surface area contributed by atoms with Gasteiger partial charge in [0.2, 0.25) is 0 Å². The van der Waals surface area contributed by atoms with E-state index in [0.29, 0.717) is 19.6 Å². The van der Waals surface area contributed by atoms with Gasteiger partial charge in [-0.25, -0.2) is 5.01 Å². The highest BCUT2D eigenvalue weighted by molar-refractivity contribution is 6.05. The molecule has 1 N–H and O–H groups in total. The van der Waals surface area contributed by atoms with Gasteiger partial charge in [0.15, 0.2) is 0 Å². The first kappa shape index (κ1) is 23.0. The number of benzene rings is 3. The van der Waals surface area contributed by atoms with Crippen LogP contribution in [0.2, 0.25) is 0 Å². The first-order chi connectivity index (χ1) is 16.2. The first-order valence-electron chi connectivity index (χ1n) is 11.5. The van der Waals surface area contributed by atoms with E-state index in [1.165, 1.54) is 10.8 Å². The van der Waals surface area contributed by atoms with Crippen LogP contribution in [0.5, 0.6) is 5.75 Å². The number of hydrazone groups is 1. The zero-order valence-electron chi connectivity index (χ0n) is 19.3. The Kier molecular flexibility index (Phi) is 7.70. The van der Waals surface area contributed by atoms with Gasteiger partial charge in [-0.05, 0) is 60.0 Å². The van der Waals surface area contributed by atoms with Gasteiger partial charge in [-0.1, -0.05) is 48.5 Å². The zero-order valence-corrected chi connectivity index (χ0v) is 19.3. The molecule has 3 aromatic carbocycles. The molecular formula is C27H31N3O3. The molecule has 0 aromatic heterocycles. The number of hydrogen-bond acceptors (Lipinski definition) is 5. The Labute approximate surface area is 195 Å². The summed E-state index contributed by atoms with van der Waals surface area (Å²) in [5.74, 6) is 0.754. The van der Waals surface area contributed by atoms with Crippen LogP contribution in [0.15, 0.2) is 71.8 Å². The monoisotopic (exact) mass is 445 g/mol. The fourth-order valence-corrected chi connectivity index (χ4v) is 4.09. The summed E-state index contributed by atoms with van der Waals surface area (Å²) in [6.07, 6.45) is 1.54. The second kappa shape index (κ2) is 11.1. The smallest absolute Gasteiger partial charge is 0.257 e. The summed E-state index contributed by atoms with van der Waals surface area (Å²) in [4.78, 5) is 13.1. The molecule has 172 valence electrons. The van der Waals surface area contributed by atoms with Crippen LogP contribution in [0.3, 0.4) is 0 Å². The molecule has 33 heavy (non-hydrogen) atoms. The molecule has 1 aliphatic heterocycles. The predicted molar refractivity (Wildman–Crippen MR) is 132 cm³/mol. The fraction of sp³-hybridized carbons (Fsp3) is 0.333. The summed E-state index contributed by atoms with van der Waals surface area (Å²) >= 11 is 0. The second-order valence-electron chi connectivity index (χ2n) is 8.07. The van der Waals surface area contributed by atoms with Gasteiger partial charge in [0.25, 0.3) is 5.91 Å². The molecule has 1 heterocycles. The lowest BCUT2D eigenvalue weighted by Crippen LogP contribution is -2.36. The van der Waals surface area contributed by atoms with Gasteiger partial charge in [0.05, 0.1) is 25.4 Å². The van der Waals surface area contributed by atoms with Gasteiger partial charge in [0.1, 0.15) is 5.75 Å². The highest BCUT2D eigenvalue weighted by atomic mass is 16.5. The third-order valence-corrected chi connectivity index (χ3v) is 5.87. The number of nitrogens with one attached hydrogen (secondary N) is 1. The minimum Gasteiger partial charge on any atom is -0.497 e. The molecule has 0 fully saturated rings. The molecule has 1 aliphatic rings. The maximum Gasteiger partial charge on any atom is 0.257 e. The summed E-state index contributed by atoms with van der Waals surface area (Å²) in [5.41, 5.74) is 3.01. The quantitative estimate of drug-likeness (QED) is 0.465. The molecule has 1 amide bonds. The van der Waals surface area contributed by atoms with Gasteiger partial charge in [-0.15, -0.1) is 0 Å². The average Bonchev–Trinajstić information content (AvgIpc) is 3.31. The number of rotatable bonds is 10. The van der Waals surface area contributed by atoms with Crippen molar-refractivity contribution >= 4 is 22.4 Å². The number of fused-ring (bicyclic) bond motifs is 1. The Morgan fingerprint density at radius 2 is 1.88 bits per heavy atom. The van der Waals surface area contributed by atoms with Crippen molar-refractivity contribution < 1.29 is 14.3 Å². The van der Waals surface area contributed by atoms with E-state index in [2.05, 4.69) is 35.6 Å². The molecule has 0 radical (unpaired) electrons. The van der Waals surface area contributed by atoms with Gasteiger partial charge in [-0.3, -0.25) is 4.79 Å². The van der Waals surface area contributed by atoms with Crippen LogP contribution >= 0.6 is 0 Å². The Bertz CT molecular complexity index is 1110. The highest BCUT2D eigenvalue weighted by Gasteiger charge is 2.32. The lowest BCUT2D eigenvalue weighted by Gasteiger charge is -2.22. The number of amides is 1. The van der Waals surface area contributed by atoms with E-state index in [0.717, 1.165) is 35.6 Å². The van der Waals surface area contributed by atoms with E-state index in [9.17, 15) is 4.79 Å². The largest absolute Gasteiger partial charge is 0.497 e. The molecule has 4 rings (SSSR count). The van der Waals surface area contributed by atoms with Crippen molar-refractivity contribution in [2.24, 2.45) is 5.10 Å².